The minimum Gasteiger partial charge on any atom is -0.445 e. The fourth-order valence-electron chi connectivity index (χ4n) is 1.28. The zero-order valence-electron chi connectivity index (χ0n) is 9.84. The van der Waals surface area contributed by atoms with Crippen LogP contribution in [0, 0.1) is 10.1 Å². The van der Waals surface area contributed by atoms with Gasteiger partial charge in [0.25, 0.3) is 5.69 Å². The van der Waals surface area contributed by atoms with Gasteiger partial charge in [0.15, 0.2) is 0 Å². The van der Waals surface area contributed by atoms with E-state index in [2.05, 4.69) is 26.0 Å². The molecule has 0 aliphatic carbocycles. The van der Waals surface area contributed by atoms with Gasteiger partial charge >= 0.3 is 6.09 Å². The number of nitrogens with zero attached hydrogens (tertiary/aromatic N) is 1. The largest absolute Gasteiger partial charge is 0.445 e. The molecule has 0 fully saturated rings. The van der Waals surface area contributed by atoms with Crippen LogP contribution >= 0.6 is 15.9 Å². The van der Waals surface area contributed by atoms with Crippen molar-refractivity contribution in [3.63, 3.8) is 0 Å². The number of rotatable bonds is 6. The van der Waals surface area contributed by atoms with Crippen LogP contribution in [0.4, 0.5) is 16.2 Å². The molecular formula is C11H12BrN3O4. The molecule has 1 aromatic carbocycles. The highest BCUT2D eigenvalue weighted by molar-refractivity contribution is 9.10. The molecule has 0 bridgehead atoms. The first-order valence-electron chi connectivity index (χ1n) is 5.26. The summed E-state index contributed by atoms with van der Waals surface area (Å²) in [6, 6.07) is 4.70. The Bertz CT molecular complexity index is 505. The summed E-state index contributed by atoms with van der Waals surface area (Å²) < 4.78 is 5.09. The van der Waals surface area contributed by atoms with Gasteiger partial charge in [0.1, 0.15) is 12.3 Å². The van der Waals surface area contributed by atoms with Gasteiger partial charge in [0, 0.05) is 17.1 Å². The van der Waals surface area contributed by atoms with E-state index in [9.17, 15) is 14.9 Å². The van der Waals surface area contributed by atoms with Crippen molar-refractivity contribution in [2.75, 3.05) is 18.5 Å². The van der Waals surface area contributed by atoms with Crippen molar-refractivity contribution in [2.24, 2.45) is 5.73 Å². The van der Waals surface area contributed by atoms with Crippen molar-refractivity contribution in [3.05, 3.63) is 44.9 Å². The van der Waals surface area contributed by atoms with Gasteiger partial charge in [0.2, 0.25) is 0 Å². The van der Waals surface area contributed by atoms with E-state index in [1.807, 2.05) is 0 Å². The quantitative estimate of drug-likeness (QED) is 0.473. The summed E-state index contributed by atoms with van der Waals surface area (Å²) in [7, 11) is 0. The SMILES string of the molecule is NC(=O)OCC=CCNc1c(Br)cccc1[N+](=O)[O-]. The van der Waals surface area contributed by atoms with E-state index in [0.717, 1.165) is 0 Å². The number of nitrogens with one attached hydrogen (secondary N) is 1. The lowest BCUT2D eigenvalue weighted by Gasteiger charge is -2.06. The monoisotopic (exact) mass is 329 g/mol. The molecule has 8 heteroatoms. The molecule has 0 heterocycles. The number of carbonyl (C=O) groups excluding carboxylic acids is 1. The van der Waals surface area contributed by atoms with Gasteiger partial charge in [-0.3, -0.25) is 10.1 Å². The lowest BCUT2D eigenvalue weighted by molar-refractivity contribution is -0.384. The number of para-hydroxylation sites is 1. The third-order valence-electron chi connectivity index (χ3n) is 2.07. The summed E-state index contributed by atoms with van der Waals surface area (Å²) >= 11 is 3.24. The molecule has 1 rings (SSSR count). The molecule has 0 radical (unpaired) electrons. The zero-order valence-corrected chi connectivity index (χ0v) is 11.4. The predicted molar refractivity (Wildman–Crippen MR) is 74.0 cm³/mol. The lowest BCUT2D eigenvalue weighted by Crippen LogP contribution is -2.12. The van der Waals surface area contributed by atoms with E-state index < -0.39 is 11.0 Å². The first-order chi connectivity index (χ1) is 9.02. The minimum absolute atomic E-state index is 0.0174. The van der Waals surface area contributed by atoms with Gasteiger partial charge in [-0.05, 0) is 28.1 Å². The van der Waals surface area contributed by atoms with Crippen LogP contribution in [0.2, 0.25) is 0 Å². The molecule has 1 aromatic rings. The molecular weight excluding hydrogens is 318 g/mol. The highest BCUT2D eigenvalue weighted by Crippen LogP contribution is 2.31. The third-order valence-corrected chi connectivity index (χ3v) is 2.73. The molecule has 0 unspecified atom stereocenters. The van der Waals surface area contributed by atoms with Gasteiger partial charge in [-0.2, -0.15) is 0 Å². The predicted octanol–water partition coefficient (Wildman–Crippen LogP) is 2.42. The average Bonchev–Trinajstić information content (AvgIpc) is 2.34. The third kappa shape index (κ3) is 4.96. The van der Waals surface area contributed by atoms with Crippen molar-refractivity contribution < 1.29 is 14.5 Å². The van der Waals surface area contributed by atoms with Crippen LogP contribution in [0.5, 0.6) is 0 Å². The lowest BCUT2D eigenvalue weighted by atomic mass is 10.2. The Morgan fingerprint density at radius 2 is 2.26 bits per heavy atom. The van der Waals surface area contributed by atoms with Crippen LogP contribution in [0.25, 0.3) is 0 Å². The van der Waals surface area contributed by atoms with Gasteiger partial charge in [-0.1, -0.05) is 12.1 Å². The maximum absolute atomic E-state index is 10.8. The maximum atomic E-state index is 10.8. The number of anilines is 1. The number of amides is 1. The zero-order chi connectivity index (χ0) is 14.3. The van der Waals surface area contributed by atoms with Gasteiger partial charge in [-0.25, -0.2) is 4.79 Å². The molecule has 1 amide bonds. The second kappa shape index (κ2) is 7.37. The number of halogens is 1. The number of hydrogen-bond donors (Lipinski definition) is 2. The van der Waals surface area contributed by atoms with Gasteiger partial charge in [0.05, 0.1) is 4.92 Å². The molecule has 0 atom stereocenters. The maximum Gasteiger partial charge on any atom is 0.404 e. The van der Waals surface area contributed by atoms with Crippen molar-refractivity contribution in [1.29, 1.82) is 0 Å². The molecule has 0 saturated carbocycles. The van der Waals surface area contributed by atoms with E-state index >= 15 is 0 Å². The minimum atomic E-state index is -0.848. The Kier molecular flexibility index (Phi) is 5.80. The molecule has 19 heavy (non-hydrogen) atoms. The van der Waals surface area contributed by atoms with E-state index in [4.69, 9.17) is 5.73 Å². The van der Waals surface area contributed by atoms with Gasteiger partial charge < -0.3 is 15.8 Å². The van der Waals surface area contributed by atoms with Crippen LogP contribution in [0.1, 0.15) is 0 Å². The highest BCUT2D eigenvalue weighted by Gasteiger charge is 2.14. The van der Waals surface area contributed by atoms with E-state index in [-0.39, 0.29) is 12.3 Å². The molecule has 3 N–H and O–H groups in total. The summed E-state index contributed by atoms with van der Waals surface area (Å²) in [6.07, 6.45) is 2.41. The van der Waals surface area contributed by atoms with Gasteiger partial charge in [-0.15, -0.1) is 0 Å². The number of nitro benzene ring substituents is 1. The standard InChI is InChI=1S/C11H12BrN3O4/c12-8-4-3-5-9(15(17)18)10(8)14-6-1-2-7-19-11(13)16/h1-5,14H,6-7H2,(H2,13,16). The Balaban J connectivity index is 2.58. The number of benzene rings is 1. The normalized spacial score (nSPS) is 10.4. The number of primary amides is 1. The topological polar surface area (TPSA) is 107 Å². The second-order valence-electron chi connectivity index (χ2n) is 3.37. The highest BCUT2D eigenvalue weighted by atomic mass is 79.9. The molecule has 0 aliphatic rings. The Morgan fingerprint density at radius 3 is 2.89 bits per heavy atom. The number of ether oxygens (including phenoxy) is 1. The second-order valence-corrected chi connectivity index (χ2v) is 4.23. The smallest absolute Gasteiger partial charge is 0.404 e. The fourth-order valence-corrected chi connectivity index (χ4v) is 1.78. The van der Waals surface area contributed by atoms with E-state index in [1.165, 1.54) is 6.07 Å². The Labute approximate surface area is 117 Å². The van der Waals surface area contributed by atoms with Crippen molar-refractivity contribution in [3.8, 4) is 0 Å². The van der Waals surface area contributed by atoms with E-state index in [0.29, 0.717) is 16.7 Å². The molecule has 0 saturated heterocycles. The number of nitrogens with two attached hydrogens (primary N) is 1. The average molecular weight is 330 g/mol. The summed E-state index contributed by atoms with van der Waals surface area (Å²) in [4.78, 5) is 20.7. The summed E-state index contributed by atoms with van der Waals surface area (Å²) in [6.45, 7) is 0.417. The van der Waals surface area contributed by atoms with Crippen LogP contribution < -0.4 is 11.1 Å². The summed E-state index contributed by atoms with van der Waals surface area (Å²) in [5.74, 6) is 0. The molecule has 0 spiro atoms. The van der Waals surface area contributed by atoms with E-state index in [1.54, 1.807) is 24.3 Å². The Hall–Kier alpha value is -2.09. The Morgan fingerprint density at radius 1 is 1.53 bits per heavy atom. The first-order valence-corrected chi connectivity index (χ1v) is 6.05. The van der Waals surface area contributed by atoms with Crippen LogP contribution in [0.3, 0.4) is 0 Å². The molecule has 7 nitrogen and oxygen atoms in total. The number of carbonyl (C=O) groups is 1. The van der Waals surface area contributed by atoms with Crippen LogP contribution in [-0.2, 0) is 4.74 Å². The van der Waals surface area contributed by atoms with Crippen molar-refractivity contribution in [1.82, 2.24) is 0 Å². The number of nitro groups is 1. The summed E-state index contributed by atoms with van der Waals surface area (Å²) in [5, 5.41) is 13.7. The molecule has 0 aromatic heterocycles. The van der Waals surface area contributed by atoms with Crippen LogP contribution in [-0.4, -0.2) is 24.2 Å². The first kappa shape index (κ1) is 15.0. The fraction of sp³-hybridized carbons (Fsp3) is 0.182. The van der Waals surface area contributed by atoms with Crippen molar-refractivity contribution in [2.45, 2.75) is 0 Å². The number of hydrogen-bond acceptors (Lipinski definition) is 5. The molecule has 102 valence electrons. The molecule has 0 aliphatic heterocycles. The van der Waals surface area contributed by atoms with Crippen LogP contribution in [0.15, 0.2) is 34.8 Å². The van der Waals surface area contributed by atoms with Crippen molar-refractivity contribution >= 4 is 33.4 Å². The summed E-state index contributed by atoms with van der Waals surface area (Å²) in [5.41, 5.74) is 5.16.